The van der Waals surface area contributed by atoms with Crippen molar-refractivity contribution >= 4 is 44.1 Å². The van der Waals surface area contributed by atoms with Crippen molar-refractivity contribution in [1.82, 2.24) is 4.98 Å². The number of hydrogen-bond donors (Lipinski definition) is 1. The summed E-state index contributed by atoms with van der Waals surface area (Å²) in [5.41, 5.74) is 2.60. The molecule has 1 saturated heterocycles. The van der Waals surface area contributed by atoms with Crippen molar-refractivity contribution in [2.75, 3.05) is 31.8 Å². The minimum absolute atomic E-state index is 0.0595. The van der Waals surface area contributed by atoms with Crippen LogP contribution in [0.4, 0.5) is 5.13 Å². The third kappa shape index (κ3) is 5.38. The molecule has 0 aliphatic carbocycles. The number of carbonyl (C=O) groups is 2. The van der Waals surface area contributed by atoms with Crippen molar-refractivity contribution in [2.24, 2.45) is 0 Å². The molecular weight excluding hydrogens is 568 g/mol. The number of aliphatic hydroxyl groups excluding tert-OH is 1. The fraction of sp³-hybridized carbons (Fsp3) is 0.303. The lowest BCUT2D eigenvalue weighted by Crippen LogP contribution is -2.29. The lowest BCUT2D eigenvalue weighted by Gasteiger charge is -2.24. The van der Waals surface area contributed by atoms with Crippen LogP contribution in [0.2, 0.25) is 0 Å². The number of unbranched alkanes of at least 4 members (excludes halogenated alkanes) is 2. The Labute approximate surface area is 253 Å². The van der Waals surface area contributed by atoms with Crippen LogP contribution in [0, 0.1) is 6.92 Å². The van der Waals surface area contributed by atoms with Crippen LogP contribution in [-0.4, -0.2) is 48.7 Å². The standard InChI is InChI=1S/C33H32N2O7S/c1-4-5-6-13-40-23-11-8-20(17-25(23)39-3)29-28(30(36)21-9-12-24-26(18-21)42-15-14-41-24)31(37)32(38)35(29)33-34-22-10-7-19(2)16-27(22)43-33/h7-12,16-18,29,36H,4-6,13-15H2,1-3H3. The number of aryl methyl sites for hydroxylation is 1. The van der Waals surface area contributed by atoms with Gasteiger partial charge in [-0.2, -0.15) is 0 Å². The number of Topliss-reactive ketones (excluding diaryl/α,β-unsaturated/α-hetero) is 1. The number of thiazole rings is 1. The van der Waals surface area contributed by atoms with E-state index in [2.05, 4.69) is 6.92 Å². The molecule has 3 heterocycles. The second kappa shape index (κ2) is 12.0. The first-order valence-electron chi connectivity index (χ1n) is 14.3. The maximum absolute atomic E-state index is 13.7. The second-order valence-corrected chi connectivity index (χ2v) is 11.5. The van der Waals surface area contributed by atoms with Gasteiger partial charge in [0.15, 0.2) is 28.1 Å². The molecule has 1 amide bonds. The second-order valence-electron chi connectivity index (χ2n) is 10.5. The number of aliphatic hydroxyl groups is 1. The number of ether oxygens (including phenoxy) is 4. The van der Waals surface area contributed by atoms with E-state index in [0.29, 0.717) is 64.6 Å². The fourth-order valence-electron chi connectivity index (χ4n) is 5.32. The number of carbonyl (C=O) groups excluding carboxylic acids is 2. The number of fused-ring (bicyclic) bond motifs is 2. The van der Waals surface area contributed by atoms with Gasteiger partial charge in [0.25, 0.3) is 5.78 Å². The van der Waals surface area contributed by atoms with Crippen molar-refractivity contribution in [3.8, 4) is 23.0 Å². The van der Waals surface area contributed by atoms with Gasteiger partial charge in [-0.05, 0) is 66.9 Å². The summed E-state index contributed by atoms with van der Waals surface area (Å²) in [6.07, 6.45) is 3.04. The van der Waals surface area contributed by atoms with Crippen LogP contribution in [0.5, 0.6) is 23.0 Å². The Morgan fingerprint density at radius 3 is 2.63 bits per heavy atom. The Balaban J connectivity index is 1.48. The van der Waals surface area contributed by atoms with Crippen molar-refractivity contribution in [2.45, 2.75) is 39.2 Å². The van der Waals surface area contributed by atoms with Crippen LogP contribution < -0.4 is 23.8 Å². The van der Waals surface area contributed by atoms with Gasteiger partial charge in [-0.3, -0.25) is 14.5 Å². The van der Waals surface area contributed by atoms with Gasteiger partial charge < -0.3 is 24.1 Å². The maximum Gasteiger partial charge on any atom is 0.301 e. The summed E-state index contributed by atoms with van der Waals surface area (Å²) in [5, 5.41) is 12.0. The predicted octanol–water partition coefficient (Wildman–Crippen LogP) is 6.58. The molecule has 0 saturated carbocycles. The lowest BCUT2D eigenvalue weighted by atomic mass is 9.95. The highest BCUT2D eigenvalue weighted by Crippen LogP contribution is 2.46. The van der Waals surface area contributed by atoms with Crippen LogP contribution in [0.1, 0.15) is 48.9 Å². The SMILES string of the molecule is CCCCCOc1ccc(C2C(=C(O)c3ccc4c(c3)OCCO4)C(=O)C(=O)N2c2nc3ccc(C)cc3s2)cc1OC. The van der Waals surface area contributed by atoms with Crippen molar-refractivity contribution < 1.29 is 33.6 Å². The number of ketones is 1. The molecule has 9 nitrogen and oxygen atoms in total. The normalized spacial score (nSPS) is 17.5. The van der Waals surface area contributed by atoms with Gasteiger partial charge in [0, 0.05) is 5.56 Å². The molecule has 2 aliphatic rings. The summed E-state index contributed by atoms with van der Waals surface area (Å²) in [7, 11) is 1.54. The molecule has 10 heteroatoms. The average molecular weight is 601 g/mol. The van der Waals surface area contributed by atoms with Gasteiger partial charge in [-0.1, -0.05) is 43.2 Å². The Hall–Kier alpha value is -4.57. The third-order valence-electron chi connectivity index (χ3n) is 7.51. The molecule has 1 unspecified atom stereocenters. The molecule has 0 spiro atoms. The first-order valence-corrected chi connectivity index (χ1v) is 15.1. The number of aromatic nitrogens is 1. The maximum atomic E-state index is 13.7. The molecule has 3 aromatic carbocycles. The van der Waals surface area contributed by atoms with E-state index < -0.39 is 17.7 Å². The Bertz CT molecular complexity index is 1740. The molecule has 222 valence electrons. The summed E-state index contributed by atoms with van der Waals surface area (Å²) in [6.45, 7) is 5.44. The van der Waals surface area contributed by atoms with E-state index in [1.165, 1.54) is 16.2 Å². The van der Waals surface area contributed by atoms with E-state index in [1.807, 2.05) is 25.1 Å². The van der Waals surface area contributed by atoms with E-state index >= 15 is 0 Å². The van der Waals surface area contributed by atoms with Crippen molar-refractivity contribution in [3.63, 3.8) is 0 Å². The summed E-state index contributed by atoms with van der Waals surface area (Å²) in [5.74, 6) is 0.0993. The number of benzene rings is 3. The van der Waals surface area contributed by atoms with E-state index in [9.17, 15) is 14.7 Å². The Kier molecular flexibility index (Phi) is 7.94. The molecule has 1 aromatic heterocycles. The lowest BCUT2D eigenvalue weighted by molar-refractivity contribution is -0.132. The number of hydrogen-bond acceptors (Lipinski definition) is 9. The molecule has 1 atom stereocenters. The summed E-state index contributed by atoms with van der Waals surface area (Å²) >= 11 is 1.31. The minimum Gasteiger partial charge on any atom is -0.507 e. The molecule has 0 radical (unpaired) electrons. The first kappa shape index (κ1) is 28.5. The van der Waals surface area contributed by atoms with E-state index in [1.54, 1.807) is 43.5 Å². The monoisotopic (exact) mass is 600 g/mol. The molecule has 1 N–H and O–H groups in total. The number of anilines is 1. The number of rotatable bonds is 9. The largest absolute Gasteiger partial charge is 0.507 e. The molecule has 43 heavy (non-hydrogen) atoms. The zero-order valence-electron chi connectivity index (χ0n) is 24.2. The van der Waals surface area contributed by atoms with Gasteiger partial charge in [-0.25, -0.2) is 4.98 Å². The highest BCUT2D eigenvalue weighted by molar-refractivity contribution is 7.22. The quantitative estimate of drug-likeness (QED) is 0.0994. The molecule has 0 bridgehead atoms. The number of nitrogens with zero attached hydrogens (tertiary/aromatic N) is 2. The summed E-state index contributed by atoms with van der Waals surface area (Å²) in [6, 6.07) is 15.1. The zero-order valence-corrected chi connectivity index (χ0v) is 25.0. The molecule has 1 fully saturated rings. The highest BCUT2D eigenvalue weighted by atomic mass is 32.1. The molecular formula is C33H32N2O7S. The van der Waals surface area contributed by atoms with Crippen molar-refractivity contribution in [1.29, 1.82) is 0 Å². The van der Waals surface area contributed by atoms with Gasteiger partial charge in [0.05, 0.1) is 35.5 Å². The molecule has 2 aliphatic heterocycles. The van der Waals surface area contributed by atoms with E-state index in [-0.39, 0.29) is 11.3 Å². The summed E-state index contributed by atoms with van der Waals surface area (Å²) in [4.78, 5) is 33.5. The van der Waals surface area contributed by atoms with Crippen LogP contribution in [-0.2, 0) is 9.59 Å². The topological polar surface area (TPSA) is 107 Å². The van der Waals surface area contributed by atoms with Crippen LogP contribution in [0.15, 0.2) is 60.2 Å². The van der Waals surface area contributed by atoms with Gasteiger partial charge in [-0.15, -0.1) is 0 Å². The average Bonchev–Trinajstić information content (AvgIpc) is 3.55. The van der Waals surface area contributed by atoms with E-state index in [0.717, 1.165) is 29.5 Å². The minimum atomic E-state index is -0.974. The third-order valence-corrected chi connectivity index (χ3v) is 8.53. The zero-order chi connectivity index (χ0) is 30.1. The summed E-state index contributed by atoms with van der Waals surface area (Å²) < 4.78 is 23.8. The van der Waals surface area contributed by atoms with Crippen LogP contribution in [0.25, 0.3) is 16.0 Å². The highest BCUT2D eigenvalue weighted by Gasteiger charge is 2.48. The van der Waals surface area contributed by atoms with Crippen molar-refractivity contribution in [3.05, 3.63) is 76.9 Å². The van der Waals surface area contributed by atoms with Gasteiger partial charge in [0.1, 0.15) is 19.0 Å². The number of amides is 1. The fourth-order valence-corrected chi connectivity index (χ4v) is 6.41. The molecule has 4 aromatic rings. The predicted molar refractivity (Wildman–Crippen MR) is 165 cm³/mol. The molecule has 6 rings (SSSR count). The first-order chi connectivity index (χ1) is 20.9. The van der Waals surface area contributed by atoms with Crippen LogP contribution >= 0.6 is 11.3 Å². The van der Waals surface area contributed by atoms with Gasteiger partial charge in [0.2, 0.25) is 0 Å². The number of methoxy groups -OCH3 is 1. The van der Waals surface area contributed by atoms with Gasteiger partial charge >= 0.3 is 5.91 Å². The van der Waals surface area contributed by atoms with E-state index in [4.69, 9.17) is 23.9 Å². The van der Waals surface area contributed by atoms with Crippen LogP contribution in [0.3, 0.4) is 0 Å². The smallest absolute Gasteiger partial charge is 0.301 e. The Morgan fingerprint density at radius 2 is 1.84 bits per heavy atom. The Morgan fingerprint density at radius 1 is 1.02 bits per heavy atom.